The highest BCUT2D eigenvalue weighted by atomic mass is 16.5. The van der Waals surface area contributed by atoms with Crippen LogP contribution in [-0.2, 0) is 17.8 Å². The summed E-state index contributed by atoms with van der Waals surface area (Å²) in [7, 11) is 0. The van der Waals surface area contributed by atoms with Crippen LogP contribution in [0.5, 0.6) is 5.75 Å². The van der Waals surface area contributed by atoms with E-state index in [9.17, 15) is 0 Å². The maximum absolute atomic E-state index is 5.98. The molecule has 4 rings (SSSR count). The Morgan fingerprint density at radius 2 is 1.81 bits per heavy atom. The first kappa shape index (κ1) is 12.9. The van der Waals surface area contributed by atoms with Crippen molar-refractivity contribution in [2.45, 2.75) is 25.2 Å². The van der Waals surface area contributed by atoms with E-state index in [0.717, 1.165) is 31.9 Å². The van der Waals surface area contributed by atoms with E-state index >= 15 is 0 Å². The van der Waals surface area contributed by atoms with E-state index in [1.54, 1.807) is 0 Å². The largest absolute Gasteiger partial charge is 0.488 e. The van der Waals surface area contributed by atoms with Crippen molar-refractivity contribution in [3.63, 3.8) is 0 Å². The predicted octanol–water partition coefficient (Wildman–Crippen LogP) is 2.85. The Labute approximate surface area is 124 Å². The van der Waals surface area contributed by atoms with Crippen molar-refractivity contribution in [1.29, 1.82) is 0 Å². The van der Waals surface area contributed by atoms with Gasteiger partial charge in [0.25, 0.3) is 0 Å². The zero-order valence-electron chi connectivity index (χ0n) is 11.9. The monoisotopic (exact) mass is 281 g/mol. The summed E-state index contributed by atoms with van der Waals surface area (Å²) >= 11 is 0. The topological polar surface area (TPSA) is 30.5 Å². The molecule has 2 heterocycles. The molecular weight excluding hydrogens is 262 g/mol. The normalized spacial score (nSPS) is 23.2. The minimum absolute atomic E-state index is 0.219. The quantitative estimate of drug-likeness (QED) is 0.938. The summed E-state index contributed by atoms with van der Waals surface area (Å²) in [5.41, 5.74) is 3.96. The van der Waals surface area contributed by atoms with Crippen molar-refractivity contribution in [3.05, 3.63) is 65.2 Å². The van der Waals surface area contributed by atoms with Crippen LogP contribution in [0.3, 0.4) is 0 Å². The third kappa shape index (κ3) is 2.55. The number of hydrogen-bond acceptors (Lipinski definition) is 3. The molecule has 0 radical (unpaired) electrons. The molecule has 3 nitrogen and oxygen atoms in total. The molecule has 2 aliphatic heterocycles. The summed E-state index contributed by atoms with van der Waals surface area (Å²) in [6.07, 6.45) is 1.20. The fourth-order valence-electron chi connectivity index (χ4n) is 3.19. The van der Waals surface area contributed by atoms with Crippen molar-refractivity contribution in [3.8, 4) is 5.75 Å². The third-order valence-corrected chi connectivity index (χ3v) is 4.28. The minimum Gasteiger partial charge on any atom is -0.488 e. The Balaban J connectivity index is 1.41. The number of nitrogens with one attached hydrogen (secondary N) is 1. The van der Waals surface area contributed by atoms with Crippen LogP contribution in [0.4, 0.5) is 0 Å². The van der Waals surface area contributed by atoms with E-state index in [1.165, 1.54) is 16.7 Å². The molecule has 0 bridgehead atoms. The molecule has 21 heavy (non-hydrogen) atoms. The summed E-state index contributed by atoms with van der Waals surface area (Å²) in [6, 6.07) is 17.1. The van der Waals surface area contributed by atoms with Crippen LogP contribution in [0.2, 0.25) is 0 Å². The highest BCUT2D eigenvalue weighted by Crippen LogP contribution is 2.29. The maximum atomic E-state index is 5.98. The van der Waals surface area contributed by atoms with Crippen LogP contribution in [0.25, 0.3) is 0 Å². The molecule has 2 aliphatic rings. The number of para-hydroxylation sites is 1. The highest BCUT2D eigenvalue weighted by molar-refractivity contribution is 5.37. The standard InChI is InChI=1S/C18H19NO2/c1-3-7-16-14(6-1)11-20-12-17(16)19-10-15-9-13-5-2-4-8-18(13)21-15/h1-8,15,17,19H,9-12H2. The Hall–Kier alpha value is -1.84. The maximum Gasteiger partial charge on any atom is 0.123 e. The van der Waals surface area contributed by atoms with Crippen LogP contribution >= 0.6 is 0 Å². The number of ether oxygens (including phenoxy) is 2. The van der Waals surface area contributed by atoms with Crippen LogP contribution in [0.1, 0.15) is 22.7 Å². The molecule has 0 saturated carbocycles. The molecule has 2 aromatic carbocycles. The van der Waals surface area contributed by atoms with Gasteiger partial charge in [-0.1, -0.05) is 42.5 Å². The van der Waals surface area contributed by atoms with Crippen molar-refractivity contribution in [2.24, 2.45) is 0 Å². The molecule has 2 atom stereocenters. The highest BCUT2D eigenvalue weighted by Gasteiger charge is 2.25. The fourth-order valence-corrected chi connectivity index (χ4v) is 3.19. The lowest BCUT2D eigenvalue weighted by atomic mass is 9.99. The lowest BCUT2D eigenvalue weighted by molar-refractivity contribution is 0.0784. The van der Waals surface area contributed by atoms with E-state index < -0.39 is 0 Å². The molecule has 0 spiro atoms. The second-order valence-electron chi connectivity index (χ2n) is 5.73. The van der Waals surface area contributed by atoms with Gasteiger partial charge < -0.3 is 14.8 Å². The van der Waals surface area contributed by atoms with Gasteiger partial charge in [0.2, 0.25) is 0 Å². The van der Waals surface area contributed by atoms with Gasteiger partial charge in [0, 0.05) is 13.0 Å². The molecule has 2 aromatic rings. The Morgan fingerprint density at radius 3 is 2.71 bits per heavy atom. The molecule has 3 heteroatoms. The van der Waals surface area contributed by atoms with Gasteiger partial charge in [-0.05, 0) is 22.8 Å². The van der Waals surface area contributed by atoms with Crippen LogP contribution in [0, 0.1) is 0 Å². The molecule has 2 unspecified atom stereocenters. The second kappa shape index (κ2) is 5.51. The molecule has 0 aliphatic carbocycles. The summed E-state index contributed by atoms with van der Waals surface area (Å²) in [5, 5.41) is 3.60. The summed E-state index contributed by atoms with van der Waals surface area (Å²) in [4.78, 5) is 0. The number of rotatable bonds is 3. The van der Waals surface area contributed by atoms with Crippen molar-refractivity contribution >= 4 is 0 Å². The number of fused-ring (bicyclic) bond motifs is 2. The van der Waals surface area contributed by atoms with E-state index in [-0.39, 0.29) is 12.1 Å². The first-order valence-electron chi connectivity index (χ1n) is 7.53. The lowest BCUT2D eigenvalue weighted by Crippen LogP contribution is -2.36. The van der Waals surface area contributed by atoms with E-state index in [4.69, 9.17) is 9.47 Å². The van der Waals surface area contributed by atoms with Crippen LogP contribution < -0.4 is 10.1 Å². The predicted molar refractivity (Wildman–Crippen MR) is 81.4 cm³/mol. The molecule has 0 amide bonds. The van der Waals surface area contributed by atoms with Gasteiger partial charge in [0.05, 0.1) is 19.3 Å². The van der Waals surface area contributed by atoms with Crippen LogP contribution in [-0.4, -0.2) is 19.3 Å². The first-order valence-corrected chi connectivity index (χ1v) is 7.53. The van der Waals surface area contributed by atoms with Crippen molar-refractivity contribution in [2.75, 3.05) is 13.2 Å². The molecule has 0 saturated heterocycles. The molecule has 108 valence electrons. The summed E-state index contributed by atoms with van der Waals surface area (Å²) in [6.45, 7) is 2.30. The first-order chi connectivity index (χ1) is 10.4. The van der Waals surface area contributed by atoms with Gasteiger partial charge in [-0.25, -0.2) is 0 Å². The van der Waals surface area contributed by atoms with Gasteiger partial charge in [-0.2, -0.15) is 0 Å². The molecular formula is C18H19NO2. The fraction of sp³-hybridized carbons (Fsp3) is 0.333. The van der Waals surface area contributed by atoms with Gasteiger partial charge in [-0.15, -0.1) is 0 Å². The van der Waals surface area contributed by atoms with Gasteiger partial charge in [0.15, 0.2) is 0 Å². The van der Waals surface area contributed by atoms with Crippen molar-refractivity contribution in [1.82, 2.24) is 5.32 Å². The minimum atomic E-state index is 0.219. The van der Waals surface area contributed by atoms with Gasteiger partial charge >= 0.3 is 0 Å². The van der Waals surface area contributed by atoms with E-state index in [1.807, 2.05) is 12.1 Å². The van der Waals surface area contributed by atoms with Gasteiger partial charge in [-0.3, -0.25) is 0 Å². The van der Waals surface area contributed by atoms with Crippen LogP contribution in [0.15, 0.2) is 48.5 Å². The van der Waals surface area contributed by atoms with Gasteiger partial charge in [0.1, 0.15) is 11.9 Å². The zero-order chi connectivity index (χ0) is 14.1. The van der Waals surface area contributed by atoms with E-state index in [0.29, 0.717) is 0 Å². The Morgan fingerprint density at radius 1 is 1.00 bits per heavy atom. The molecule has 0 aromatic heterocycles. The zero-order valence-corrected chi connectivity index (χ0v) is 11.9. The Bertz CT molecular complexity index is 616. The average molecular weight is 281 g/mol. The molecule has 1 N–H and O–H groups in total. The summed E-state index contributed by atoms with van der Waals surface area (Å²) < 4.78 is 11.7. The second-order valence-corrected chi connectivity index (χ2v) is 5.73. The summed E-state index contributed by atoms with van der Waals surface area (Å²) in [5.74, 6) is 1.03. The Kier molecular flexibility index (Phi) is 3.37. The molecule has 0 fully saturated rings. The lowest BCUT2D eigenvalue weighted by Gasteiger charge is -2.27. The van der Waals surface area contributed by atoms with Crippen molar-refractivity contribution < 1.29 is 9.47 Å². The SMILES string of the molecule is c1ccc2c(c1)CC(CNC1COCc3ccccc31)O2. The number of hydrogen-bond donors (Lipinski definition) is 1. The number of benzene rings is 2. The third-order valence-electron chi connectivity index (χ3n) is 4.28. The van der Waals surface area contributed by atoms with E-state index in [2.05, 4.69) is 41.7 Å². The average Bonchev–Trinajstić information content (AvgIpc) is 2.96. The smallest absolute Gasteiger partial charge is 0.123 e.